The van der Waals surface area contributed by atoms with Crippen molar-refractivity contribution in [1.29, 1.82) is 0 Å². The third-order valence-corrected chi connectivity index (χ3v) is 8.93. The Morgan fingerprint density at radius 1 is 0.941 bits per heavy atom. The van der Waals surface area contributed by atoms with Gasteiger partial charge in [-0.3, -0.25) is 9.59 Å². The first-order chi connectivity index (χ1) is 16.3. The van der Waals surface area contributed by atoms with E-state index in [9.17, 15) is 18.0 Å². The van der Waals surface area contributed by atoms with Crippen LogP contribution in [0.2, 0.25) is 0 Å². The van der Waals surface area contributed by atoms with Crippen LogP contribution < -0.4 is 5.56 Å². The number of fused-ring (bicyclic) bond motifs is 1. The van der Waals surface area contributed by atoms with Gasteiger partial charge in [0.15, 0.2) is 5.78 Å². The minimum atomic E-state index is -3.67. The summed E-state index contributed by atoms with van der Waals surface area (Å²) >= 11 is 0. The fourth-order valence-electron chi connectivity index (χ4n) is 5.24. The molecule has 0 atom stereocenters. The van der Waals surface area contributed by atoms with E-state index < -0.39 is 15.6 Å². The SMILES string of the molecule is Cc1cc(C(=O)Cn2cc(S(=O)(=O)N3CCCC3)ccc2=O)c(C)n1-c1ccc2c(c1)CCC2. The van der Waals surface area contributed by atoms with Crippen molar-refractivity contribution in [1.82, 2.24) is 13.4 Å². The van der Waals surface area contributed by atoms with Gasteiger partial charge in [0.25, 0.3) is 5.56 Å². The van der Waals surface area contributed by atoms with Crippen molar-refractivity contribution in [3.8, 4) is 5.69 Å². The zero-order chi connectivity index (χ0) is 24.0. The summed E-state index contributed by atoms with van der Waals surface area (Å²) in [7, 11) is -3.67. The molecule has 7 nitrogen and oxygen atoms in total. The third kappa shape index (κ3) is 3.95. The lowest BCUT2D eigenvalue weighted by Gasteiger charge is -2.16. The van der Waals surface area contributed by atoms with Gasteiger partial charge in [-0.25, -0.2) is 8.42 Å². The van der Waals surface area contributed by atoms with Gasteiger partial charge in [-0.2, -0.15) is 4.31 Å². The van der Waals surface area contributed by atoms with E-state index in [-0.39, 0.29) is 17.2 Å². The van der Waals surface area contributed by atoms with Gasteiger partial charge in [0.1, 0.15) is 0 Å². The lowest BCUT2D eigenvalue weighted by atomic mass is 10.1. The standard InChI is InChI=1S/C26H29N3O4S/c1-18-14-24(19(2)29(18)22-9-8-20-6-5-7-21(20)15-22)25(30)17-27-16-23(10-11-26(27)31)34(32,33)28-12-3-4-13-28/h8-11,14-16H,3-7,12-13,17H2,1-2H3. The largest absolute Gasteiger partial charge is 0.318 e. The fraction of sp³-hybridized carbons (Fsp3) is 0.385. The molecule has 0 spiro atoms. The lowest BCUT2D eigenvalue weighted by molar-refractivity contribution is 0.0970. The van der Waals surface area contributed by atoms with Gasteiger partial charge in [-0.05, 0) is 81.3 Å². The molecule has 5 rings (SSSR count). The van der Waals surface area contributed by atoms with Crippen LogP contribution in [0.3, 0.4) is 0 Å². The van der Waals surface area contributed by atoms with Gasteiger partial charge in [0.2, 0.25) is 10.0 Å². The number of sulfonamides is 1. The van der Waals surface area contributed by atoms with E-state index in [1.54, 1.807) is 0 Å². The molecule has 1 fully saturated rings. The van der Waals surface area contributed by atoms with Gasteiger partial charge in [-0.15, -0.1) is 0 Å². The number of ketones is 1. The molecule has 3 heterocycles. The first-order valence-corrected chi connectivity index (χ1v) is 13.2. The summed E-state index contributed by atoms with van der Waals surface area (Å²) in [6, 6.07) is 10.9. The second-order valence-electron chi connectivity index (χ2n) is 9.29. The zero-order valence-corrected chi connectivity index (χ0v) is 20.4. The molecule has 0 radical (unpaired) electrons. The number of carbonyl (C=O) groups is 1. The van der Waals surface area contributed by atoms with Crippen molar-refractivity contribution in [2.45, 2.75) is 57.4 Å². The van der Waals surface area contributed by atoms with E-state index in [4.69, 9.17) is 0 Å². The molecule has 0 N–H and O–H groups in total. The average molecular weight is 480 g/mol. The molecule has 2 aliphatic rings. The number of carbonyl (C=O) groups excluding carboxylic acids is 1. The van der Waals surface area contributed by atoms with Crippen LogP contribution in [0.25, 0.3) is 5.69 Å². The molecule has 1 aliphatic heterocycles. The molecule has 8 heteroatoms. The number of benzene rings is 1. The molecule has 1 aliphatic carbocycles. The Labute approximate surface area is 199 Å². The third-order valence-electron chi connectivity index (χ3n) is 7.04. The van der Waals surface area contributed by atoms with Crippen LogP contribution in [0, 0.1) is 13.8 Å². The first kappa shape index (κ1) is 22.8. The number of Topliss-reactive ketones (excluding diaryl/α,β-unsaturated/α-hetero) is 1. The molecule has 0 saturated carbocycles. The van der Waals surface area contributed by atoms with Gasteiger partial charge in [0, 0.05) is 48.0 Å². The molecule has 3 aromatic rings. The molecule has 0 bridgehead atoms. The second kappa shape index (κ2) is 8.67. The Balaban J connectivity index is 1.44. The number of hydrogen-bond donors (Lipinski definition) is 0. The minimum Gasteiger partial charge on any atom is -0.318 e. The van der Waals surface area contributed by atoms with Gasteiger partial charge >= 0.3 is 0 Å². The maximum atomic E-state index is 13.3. The predicted molar refractivity (Wildman–Crippen MR) is 130 cm³/mol. The summed E-state index contributed by atoms with van der Waals surface area (Å²) in [5.74, 6) is -0.224. The van der Waals surface area contributed by atoms with E-state index >= 15 is 0 Å². The average Bonchev–Trinajstić information content (AvgIpc) is 3.55. The monoisotopic (exact) mass is 479 g/mol. The van der Waals surface area contributed by atoms with Gasteiger partial charge in [-0.1, -0.05) is 6.07 Å². The van der Waals surface area contributed by atoms with Crippen LogP contribution in [0.5, 0.6) is 0 Å². The number of aromatic nitrogens is 2. The Morgan fingerprint density at radius 3 is 2.44 bits per heavy atom. The first-order valence-electron chi connectivity index (χ1n) is 11.8. The molecule has 178 valence electrons. The number of rotatable bonds is 6. The number of nitrogens with zero attached hydrogens (tertiary/aromatic N) is 3. The van der Waals surface area contributed by atoms with Crippen molar-refractivity contribution in [2.75, 3.05) is 13.1 Å². The summed E-state index contributed by atoms with van der Waals surface area (Å²) < 4.78 is 30.5. The van der Waals surface area contributed by atoms with E-state index in [0.717, 1.165) is 42.8 Å². The van der Waals surface area contributed by atoms with Crippen molar-refractivity contribution in [3.05, 3.63) is 81.0 Å². The van der Waals surface area contributed by atoms with Crippen LogP contribution in [-0.2, 0) is 29.4 Å². The van der Waals surface area contributed by atoms with Crippen molar-refractivity contribution in [3.63, 3.8) is 0 Å². The van der Waals surface area contributed by atoms with Crippen LogP contribution in [0.15, 0.2) is 52.3 Å². The number of hydrogen-bond acceptors (Lipinski definition) is 4. The van der Waals surface area contributed by atoms with E-state index in [1.165, 1.54) is 44.7 Å². The second-order valence-corrected chi connectivity index (χ2v) is 11.2. The molecular formula is C26H29N3O4S. The zero-order valence-electron chi connectivity index (χ0n) is 19.6. The lowest BCUT2D eigenvalue weighted by Crippen LogP contribution is -2.30. The van der Waals surface area contributed by atoms with E-state index in [2.05, 4.69) is 22.8 Å². The molecule has 34 heavy (non-hydrogen) atoms. The molecule has 1 saturated heterocycles. The molecule has 1 aromatic carbocycles. The highest BCUT2D eigenvalue weighted by atomic mass is 32.2. The summed E-state index contributed by atoms with van der Waals surface area (Å²) in [4.78, 5) is 25.8. The summed E-state index contributed by atoms with van der Waals surface area (Å²) in [6.45, 7) is 4.62. The number of aryl methyl sites for hydroxylation is 3. The molecule has 0 amide bonds. The van der Waals surface area contributed by atoms with Crippen LogP contribution >= 0.6 is 0 Å². The van der Waals surface area contributed by atoms with Crippen molar-refractivity contribution in [2.24, 2.45) is 0 Å². The maximum absolute atomic E-state index is 13.3. The Kier molecular flexibility index (Phi) is 5.81. The highest BCUT2D eigenvalue weighted by molar-refractivity contribution is 7.89. The topological polar surface area (TPSA) is 81.4 Å². The van der Waals surface area contributed by atoms with Crippen LogP contribution in [-0.4, -0.2) is 40.7 Å². The highest BCUT2D eigenvalue weighted by Crippen LogP contribution is 2.28. The van der Waals surface area contributed by atoms with Gasteiger partial charge < -0.3 is 9.13 Å². The normalized spacial score (nSPS) is 16.2. The Morgan fingerprint density at radius 2 is 1.68 bits per heavy atom. The quantitative estimate of drug-likeness (QED) is 0.508. The molecular weight excluding hydrogens is 450 g/mol. The van der Waals surface area contributed by atoms with E-state index in [1.807, 2.05) is 19.9 Å². The highest BCUT2D eigenvalue weighted by Gasteiger charge is 2.28. The minimum absolute atomic E-state index is 0.0467. The van der Waals surface area contributed by atoms with Gasteiger partial charge in [0.05, 0.1) is 11.4 Å². The summed E-state index contributed by atoms with van der Waals surface area (Å²) in [6.07, 6.45) is 6.33. The van der Waals surface area contributed by atoms with Crippen molar-refractivity contribution < 1.29 is 13.2 Å². The van der Waals surface area contributed by atoms with E-state index in [0.29, 0.717) is 18.7 Å². The maximum Gasteiger partial charge on any atom is 0.251 e. The summed E-state index contributed by atoms with van der Waals surface area (Å²) in [5.41, 5.74) is 5.68. The Bertz CT molecular complexity index is 1440. The molecule has 0 unspecified atom stereocenters. The molecule has 2 aromatic heterocycles. The predicted octanol–water partition coefficient (Wildman–Crippen LogP) is 3.41. The number of pyridine rings is 1. The van der Waals surface area contributed by atoms with Crippen LogP contribution in [0.1, 0.15) is 52.1 Å². The van der Waals surface area contributed by atoms with Crippen molar-refractivity contribution >= 4 is 15.8 Å². The smallest absolute Gasteiger partial charge is 0.251 e. The fourth-order valence-corrected chi connectivity index (χ4v) is 6.78. The summed E-state index contributed by atoms with van der Waals surface area (Å²) in [5, 5.41) is 0. The Hall–Kier alpha value is -2.97. The van der Waals surface area contributed by atoms with Crippen LogP contribution in [0.4, 0.5) is 0 Å².